The summed E-state index contributed by atoms with van der Waals surface area (Å²) < 4.78 is 34.9. The Kier molecular flexibility index (Phi) is 6.43. The van der Waals surface area contributed by atoms with Crippen molar-refractivity contribution in [3.63, 3.8) is 0 Å². The highest BCUT2D eigenvalue weighted by molar-refractivity contribution is 7.90. The van der Waals surface area contributed by atoms with Crippen molar-refractivity contribution in [2.24, 2.45) is 0 Å². The van der Waals surface area contributed by atoms with Crippen LogP contribution in [0.15, 0.2) is 17.3 Å². The summed E-state index contributed by atoms with van der Waals surface area (Å²) >= 11 is 12.5. The van der Waals surface area contributed by atoms with E-state index in [1.807, 2.05) is 0 Å². The van der Waals surface area contributed by atoms with E-state index >= 15 is 0 Å². The number of amides is 1. The van der Waals surface area contributed by atoms with Crippen LogP contribution in [0.4, 0.5) is 0 Å². The average Bonchev–Trinajstić information content (AvgIpc) is 2.95. The number of rotatable bonds is 5. The standard InChI is InChI=1S/C20H21Cl2N3O6S/c1-20(2,3)31-15(26)9-25-8-11-16(10-6-14(30-4)13(22)7-12(10)21)23-19(32(5,28)29)24-17(11)18(25)27/h6-7H,8-9H2,1-5H3. The van der Waals surface area contributed by atoms with Crippen molar-refractivity contribution in [3.8, 4) is 17.0 Å². The molecule has 3 rings (SSSR count). The fourth-order valence-corrected chi connectivity index (χ4v) is 4.18. The van der Waals surface area contributed by atoms with Crippen molar-refractivity contribution in [1.82, 2.24) is 14.9 Å². The van der Waals surface area contributed by atoms with E-state index in [0.29, 0.717) is 11.1 Å². The van der Waals surface area contributed by atoms with Crippen molar-refractivity contribution < 1.29 is 27.5 Å². The topological polar surface area (TPSA) is 116 Å². The van der Waals surface area contributed by atoms with Gasteiger partial charge >= 0.3 is 5.97 Å². The largest absolute Gasteiger partial charge is 0.495 e. The van der Waals surface area contributed by atoms with Crippen LogP contribution in [-0.2, 0) is 25.9 Å². The van der Waals surface area contributed by atoms with Crippen LogP contribution in [0.1, 0.15) is 36.8 Å². The van der Waals surface area contributed by atoms with Gasteiger partial charge in [-0.3, -0.25) is 9.59 Å². The SMILES string of the molecule is COc1cc(-c2nc(S(C)(=O)=O)nc3c2CN(CC(=O)OC(C)(C)C)C3=O)c(Cl)cc1Cl. The number of methoxy groups -OCH3 is 1. The maximum Gasteiger partial charge on any atom is 0.326 e. The van der Waals surface area contributed by atoms with Gasteiger partial charge < -0.3 is 14.4 Å². The second kappa shape index (κ2) is 8.49. The van der Waals surface area contributed by atoms with E-state index in [4.69, 9.17) is 32.7 Å². The normalized spacial score (nSPS) is 13.8. The van der Waals surface area contributed by atoms with Gasteiger partial charge in [-0.05, 0) is 32.9 Å². The van der Waals surface area contributed by atoms with E-state index in [1.165, 1.54) is 24.1 Å². The van der Waals surface area contributed by atoms with Gasteiger partial charge in [-0.15, -0.1) is 0 Å². The second-order valence-corrected chi connectivity index (χ2v) is 10.9. The molecule has 1 aliphatic rings. The van der Waals surface area contributed by atoms with E-state index in [0.717, 1.165) is 6.26 Å². The highest BCUT2D eigenvalue weighted by Crippen LogP contribution is 2.39. The Labute approximate surface area is 195 Å². The summed E-state index contributed by atoms with van der Waals surface area (Å²) in [5, 5.41) is -0.115. The van der Waals surface area contributed by atoms with Crippen molar-refractivity contribution >= 4 is 44.9 Å². The van der Waals surface area contributed by atoms with Crippen LogP contribution < -0.4 is 4.74 Å². The molecule has 0 atom stereocenters. The first-order valence-corrected chi connectivity index (χ1v) is 12.0. The van der Waals surface area contributed by atoms with E-state index in [-0.39, 0.29) is 40.3 Å². The summed E-state index contributed by atoms with van der Waals surface area (Å²) in [6.07, 6.45) is 0.931. The van der Waals surface area contributed by atoms with Crippen molar-refractivity contribution in [2.45, 2.75) is 38.1 Å². The van der Waals surface area contributed by atoms with Crippen LogP contribution in [0.5, 0.6) is 5.75 Å². The Morgan fingerprint density at radius 2 is 1.78 bits per heavy atom. The molecule has 1 aromatic carbocycles. The second-order valence-electron chi connectivity index (χ2n) is 8.17. The van der Waals surface area contributed by atoms with Gasteiger partial charge in [0.05, 0.1) is 29.4 Å². The molecule has 0 aliphatic carbocycles. The number of esters is 1. The summed E-state index contributed by atoms with van der Waals surface area (Å²) in [5.41, 5.74) is -0.0749. The lowest BCUT2D eigenvalue weighted by atomic mass is 10.1. The molecule has 0 spiro atoms. The van der Waals surface area contributed by atoms with Crippen molar-refractivity contribution in [2.75, 3.05) is 19.9 Å². The third-order valence-corrected chi connectivity index (χ3v) is 5.85. The lowest BCUT2D eigenvalue weighted by molar-refractivity contribution is -0.155. The smallest absolute Gasteiger partial charge is 0.326 e. The van der Waals surface area contributed by atoms with Gasteiger partial charge in [0.1, 0.15) is 23.6 Å². The molecular formula is C20H21Cl2N3O6S. The molecule has 172 valence electrons. The zero-order valence-corrected chi connectivity index (χ0v) is 20.4. The minimum absolute atomic E-state index is 0.0337. The molecule has 1 aromatic heterocycles. The number of carbonyl (C=O) groups is 2. The average molecular weight is 502 g/mol. The van der Waals surface area contributed by atoms with Gasteiger partial charge in [0.2, 0.25) is 15.0 Å². The van der Waals surface area contributed by atoms with Gasteiger partial charge in [0.25, 0.3) is 5.91 Å². The Morgan fingerprint density at radius 3 is 2.34 bits per heavy atom. The molecule has 0 bridgehead atoms. The zero-order valence-electron chi connectivity index (χ0n) is 18.0. The Bertz CT molecular complexity index is 1220. The number of hydrogen-bond acceptors (Lipinski definition) is 8. The number of aromatic nitrogens is 2. The molecule has 12 heteroatoms. The zero-order chi connectivity index (χ0) is 24.0. The number of sulfone groups is 1. The minimum Gasteiger partial charge on any atom is -0.495 e. The maximum atomic E-state index is 13.0. The predicted octanol–water partition coefficient (Wildman–Crippen LogP) is 3.16. The first kappa shape index (κ1) is 24.2. The lowest BCUT2D eigenvalue weighted by Gasteiger charge is -2.22. The van der Waals surface area contributed by atoms with Gasteiger partial charge in [-0.25, -0.2) is 18.4 Å². The van der Waals surface area contributed by atoms with Gasteiger partial charge in [0.15, 0.2) is 0 Å². The Morgan fingerprint density at radius 1 is 1.16 bits per heavy atom. The molecule has 0 saturated heterocycles. The van der Waals surface area contributed by atoms with Crippen molar-refractivity contribution in [1.29, 1.82) is 0 Å². The Balaban J connectivity index is 2.13. The molecule has 2 aromatic rings. The lowest BCUT2D eigenvalue weighted by Crippen LogP contribution is -2.35. The van der Waals surface area contributed by atoms with E-state index in [9.17, 15) is 18.0 Å². The number of nitrogens with zero attached hydrogens (tertiary/aromatic N) is 3. The highest BCUT2D eigenvalue weighted by atomic mass is 35.5. The highest BCUT2D eigenvalue weighted by Gasteiger charge is 2.36. The molecule has 0 saturated carbocycles. The van der Waals surface area contributed by atoms with Gasteiger partial charge in [0, 0.05) is 17.4 Å². The molecule has 1 amide bonds. The van der Waals surface area contributed by atoms with Crippen molar-refractivity contribution in [3.05, 3.63) is 33.4 Å². The van der Waals surface area contributed by atoms with Gasteiger partial charge in [-0.2, -0.15) is 0 Å². The molecule has 0 N–H and O–H groups in total. The van der Waals surface area contributed by atoms with Crippen LogP contribution in [0.2, 0.25) is 10.0 Å². The fourth-order valence-electron chi connectivity index (χ4n) is 3.12. The molecule has 0 fully saturated rings. The summed E-state index contributed by atoms with van der Waals surface area (Å²) in [4.78, 5) is 34.6. The van der Waals surface area contributed by atoms with Crippen LogP contribution in [0, 0.1) is 0 Å². The van der Waals surface area contributed by atoms with Crippen LogP contribution in [0.3, 0.4) is 0 Å². The summed E-state index contributed by atoms with van der Waals surface area (Å²) in [6.45, 7) is 4.77. The van der Waals surface area contributed by atoms with E-state index in [1.54, 1.807) is 20.8 Å². The fraction of sp³-hybridized carbons (Fsp3) is 0.400. The monoisotopic (exact) mass is 501 g/mol. The number of hydrogen-bond donors (Lipinski definition) is 0. The van der Waals surface area contributed by atoms with Crippen LogP contribution in [-0.4, -0.2) is 60.7 Å². The quantitative estimate of drug-likeness (QED) is 0.452. The van der Waals surface area contributed by atoms with Crippen LogP contribution in [0.25, 0.3) is 11.3 Å². The molecular weight excluding hydrogens is 481 g/mol. The maximum absolute atomic E-state index is 13.0. The minimum atomic E-state index is -3.86. The Hall–Kier alpha value is -2.43. The number of benzene rings is 1. The molecule has 0 radical (unpaired) electrons. The third-order valence-electron chi connectivity index (χ3n) is 4.39. The molecule has 0 unspecified atom stereocenters. The number of ether oxygens (including phenoxy) is 2. The number of carbonyl (C=O) groups excluding carboxylic acids is 2. The van der Waals surface area contributed by atoms with Gasteiger partial charge in [-0.1, -0.05) is 23.2 Å². The summed E-state index contributed by atoms with van der Waals surface area (Å²) in [6, 6.07) is 2.93. The van der Waals surface area contributed by atoms with Crippen LogP contribution >= 0.6 is 23.2 Å². The first-order chi connectivity index (χ1) is 14.7. The molecule has 32 heavy (non-hydrogen) atoms. The third kappa shape index (κ3) is 4.97. The number of fused-ring (bicyclic) bond motifs is 1. The predicted molar refractivity (Wildman–Crippen MR) is 118 cm³/mol. The van der Waals surface area contributed by atoms with E-state index < -0.39 is 32.5 Å². The summed E-state index contributed by atoms with van der Waals surface area (Å²) in [7, 11) is -2.45. The molecule has 2 heterocycles. The molecule has 1 aliphatic heterocycles. The molecule has 9 nitrogen and oxygen atoms in total. The first-order valence-electron chi connectivity index (χ1n) is 9.36. The van der Waals surface area contributed by atoms with E-state index in [2.05, 4.69) is 9.97 Å². The summed E-state index contributed by atoms with van der Waals surface area (Å²) in [5.74, 6) is -0.937. The number of halogens is 2.